The van der Waals surface area contributed by atoms with Crippen LogP contribution >= 0.6 is 0 Å². The predicted molar refractivity (Wildman–Crippen MR) is 72.6 cm³/mol. The highest BCUT2D eigenvalue weighted by atomic mass is 16.5. The third-order valence-corrected chi connectivity index (χ3v) is 3.27. The van der Waals surface area contributed by atoms with Crippen molar-refractivity contribution in [3.05, 3.63) is 0 Å². The van der Waals surface area contributed by atoms with Gasteiger partial charge in [0.25, 0.3) is 0 Å². The number of amides is 2. The van der Waals surface area contributed by atoms with Crippen molar-refractivity contribution in [1.29, 1.82) is 0 Å². The number of rotatable bonds is 6. The summed E-state index contributed by atoms with van der Waals surface area (Å²) in [4.78, 5) is 26.3. The Morgan fingerprint density at radius 3 is 2.10 bits per heavy atom. The lowest BCUT2D eigenvalue weighted by Crippen LogP contribution is -2.46. The van der Waals surface area contributed by atoms with E-state index >= 15 is 0 Å². The Morgan fingerprint density at radius 1 is 1.25 bits per heavy atom. The lowest BCUT2D eigenvalue weighted by atomic mass is 10.2. The molecule has 0 radical (unpaired) electrons. The minimum atomic E-state index is -1.01. The minimum Gasteiger partial charge on any atom is -0.480 e. The van der Waals surface area contributed by atoms with Gasteiger partial charge < -0.3 is 24.4 Å². The quantitative estimate of drug-likeness (QED) is 0.769. The van der Waals surface area contributed by atoms with Crippen LogP contribution < -0.4 is 0 Å². The minimum absolute atomic E-state index is 0.172. The van der Waals surface area contributed by atoms with Crippen molar-refractivity contribution >= 4 is 12.0 Å². The Balaban J connectivity index is 2.72. The average Bonchev–Trinajstić information content (AvgIpc) is 2.79. The van der Waals surface area contributed by atoms with Gasteiger partial charge in [-0.1, -0.05) is 13.8 Å². The van der Waals surface area contributed by atoms with Crippen molar-refractivity contribution < 1.29 is 24.2 Å². The molecule has 7 heteroatoms. The van der Waals surface area contributed by atoms with Crippen molar-refractivity contribution in [2.45, 2.75) is 26.1 Å². The van der Waals surface area contributed by atoms with E-state index in [1.165, 1.54) is 4.90 Å². The zero-order valence-corrected chi connectivity index (χ0v) is 12.5. The average molecular weight is 288 g/mol. The van der Waals surface area contributed by atoms with Crippen LogP contribution in [0.4, 0.5) is 4.79 Å². The third kappa shape index (κ3) is 4.35. The summed E-state index contributed by atoms with van der Waals surface area (Å²) in [7, 11) is 3.15. The number of carbonyl (C=O) groups excluding carboxylic acids is 1. The predicted octanol–water partition coefficient (Wildman–Crippen LogP) is 0.495. The van der Waals surface area contributed by atoms with Crippen molar-refractivity contribution in [2.75, 3.05) is 40.4 Å². The molecule has 0 spiro atoms. The summed E-state index contributed by atoms with van der Waals surface area (Å²) in [5.41, 5.74) is 0. The lowest BCUT2D eigenvalue weighted by molar-refractivity contribution is -0.137. The second-order valence-electron chi connectivity index (χ2n) is 5.40. The van der Waals surface area contributed by atoms with Crippen molar-refractivity contribution in [3.8, 4) is 0 Å². The Bertz CT molecular complexity index is 336. The summed E-state index contributed by atoms with van der Waals surface area (Å²) >= 11 is 0. The largest absolute Gasteiger partial charge is 0.480 e. The number of methoxy groups -OCH3 is 2. The van der Waals surface area contributed by atoms with Crippen molar-refractivity contribution in [3.63, 3.8) is 0 Å². The highest BCUT2D eigenvalue weighted by molar-refractivity contribution is 5.80. The molecular weight excluding hydrogens is 264 g/mol. The van der Waals surface area contributed by atoms with Gasteiger partial charge in [-0.05, 0) is 5.92 Å². The highest BCUT2D eigenvalue weighted by Crippen LogP contribution is 2.17. The van der Waals surface area contributed by atoms with Crippen LogP contribution in [0.2, 0.25) is 0 Å². The van der Waals surface area contributed by atoms with E-state index in [0.717, 1.165) is 0 Å². The first-order valence-electron chi connectivity index (χ1n) is 6.70. The monoisotopic (exact) mass is 288 g/mol. The molecule has 1 N–H and O–H groups in total. The Hall–Kier alpha value is -1.34. The van der Waals surface area contributed by atoms with Crippen LogP contribution in [0.1, 0.15) is 13.8 Å². The maximum Gasteiger partial charge on any atom is 0.323 e. The molecule has 7 nitrogen and oxygen atoms in total. The summed E-state index contributed by atoms with van der Waals surface area (Å²) in [6.45, 7) is 4.86. The summed E-state index contributed by atoms with van der Waals surface area (Å²) in [6.07, 6.45) is -0.343. The first kappa shape index (κ1) is 16.7. The van der Waals surface area contributed by atoms with Gasteiger partial charge in [-0.2, -0.15) is 0 Å². The van der Waals surface area contributed by atoms with E-state index in [1.807, 2.05) is 13.8 Å². The summed E-state index contributed by atoms with van der Waals surface area (Å²) in [6, 6.07) is -0.275. The Labute approximate surface area is 119 Å². The number of hydrogen-bond donors (Lipinski definition) is 1. The van der Waals surface area contributed by atoms with E-state index in [2.05, 4.69) is 0 Å². The zero-order chi connectivity index (χ0) is 15.3. The fourth-order valence-electron chi connectivity index (χ4n) is 2.37. The molecule has 116 valence electrons. The maximum atomic E-state index is 12.4. The SMILES string of the molecule is COC1CN(C(=O)N(CC(=O)O)CC(C)C)CC1OC. The number of carbonyl (C=O) groups is 2. The molecular formula is C13H24N2O5. The van der Waals surface area contributed by atoms with E-state index < -0.39 is 5.97 Å². The fraction of sp³-hybridized carbons (Fsp3) is 0.846. The van der Waals surface area contributed by atoms with Gasteiger partial charge in [0.05, 0.1) is 13.1 Å². The first-order chi connectivity index (χ1) is 9.38. The number of urea groups is 1. The molecule has 0 aromatic rings. The van der Waals surface area contributed by atoms with Gasteiger partial charge in [0.15, 0.2) is 0 Å². The van der Waals surface area contributed by atoms with Crippen LogP contribution in [0.3, 0.4) is 0 Å². The van der Waals surface area contributed by atoms with Gasteiger partial charge in [0.2, 0.25) is 0 Å². The summed E-state index contributed by atoms with van der Waals surface area (Å²) in [5, 5.41) is 8.92. The van der Waals surface area contributed by atoms with Crippen LogP contribution in [-0.4, -0.2) is 79.5 Å². The van der Waals surface area contributed by atoms with Crippen molar-refractivity contribution in [2.24, 2.45) is 5.92 Å². The second-order valence-corrected chi connectivity index (χ2v) is 5.40. The zero-order valence-electron chi connectivity index (χ0n) is 12.5. The van der Waals surface area contributed by atoms with Gasteiger partial charge in [0, 0.05) is 20.8 Å². The number of nitrogens with zero attached hydrogens (tertiary/aromatic N) is 2. The lowest BCUT2D eigenvalue weighted by Gasteiger charge is -2.28. The summed E-state index contributed by atoms with van der Waals surface area (Å²) in [5.74, 6) is -0.804. The molecule has 1 fully saturated rings. The molecule has 0 aromatic carbocycles. The van der Waals surface area contributed by atoms with Gasteiger partial charge in [0.1, 0.15) is 18.8 Å². The molecule has 1 aliphatic rings. The van der Waals surface area contributed by atoms with Gasteiger partial charge in [-0.15, -0.1) is 0 Å². The van der Waals surface area contributed by atoms with Crippen LogP contribution in [-0.2, 0) is 14.3 Å². The number of ether oxygens (including phenoxy) is 2. The molecule has 0 saturated carbocycles. The van der Waals surface area contributed by atoms with Crippen LogP contribution in [0.15, 0.2) is 0 Å². The molecule has 1 aliphatic heterocycles. The number of likely N-dealkylation sites (tertiary alicyclic amines) is 1. The Kier molecular flexibility index (Phi) is 6.22. The van der Waals surface area contributed by atoms with E-state index in [9.17, 15) is 9.59 Å². The molecule has 0 aromatic heterocycles. The van der Waals surface area contributed by atoms with E-state index in [4.69, 9.17) is 14.6 Å². The van der Waals surface area contributed by atoms with Crippen LogP contribution in [0.5, 0.6) is 0 Å². The molecule has 1 heterocycles. The van der Waals surface area contributed by atoms with Crippen LogP contribution in [0, 0.1) is 5.92 Å². The molecule has 2 atom stereocenters. The number of aliphatic carboxylic acids is 1. The van der Waals surface area contributed by atoms with Crippen LogP contribution in [0.25, 0.3) is 0 Å². The first-order valence-corrected chi connectivity index (χ1v) is 6.70. The molecule has 1 rings (SSSR count). The Morgan fingerprint density at radius 2 is 1.75 bits per heavy atom. The molecule has 0 aliphatic carbocycles. The fourth-order valence-corrected chi connectivity index (χ4v) is 2.37. The van der Waals surface area contributed by atoms with Gasteiger partial charge in [-0.25, -0.2) is 4.79 Å². The smallest absolute Gasteiger partial charge is 0.323 e. The normalized spacial score (nSPS) is 22.4. The van der Waals surface area contributed by atoms with Crippen molar-refractivity contribution in [1.82, 2.24) is 9.80 Å². The molecule has 2 amide bonds. The molecule has 2 unspecified atom stereocenters. The van der Waals surface area contributed by atoms with Gasteiger partial charge in [-0.3, -0.25) is 4.79 Å². The molecule has 20 heavy (non-hydrogen) atoms. The molecule has 1 saturated heterocycles. The van der Waals surface area contributed by atoms with E-state index in [-0.39, 0.29) is 30.7 Å². The number of hydrogen-bond acceptors (Lipinski definition) is 4. The summed E-state index contributed by atoms with van der Waals surface area (Å²) < 4.78 is 10.6. The third-order valence-electron chi connectivity index (χ3n) is 3.27. The standard InChI is InChI=1S/C13H24N2O5/c1-9(2)5-14(8-12(16)17)13(18)15-6-10(19-3)11(7-15)20-4/h9-11H,5-8H2,1-4H3,(H,16,17). The van der Waals surface area contributed by atoms with E-state index in [0.29, 0.717) is 19.6 Å². The molecule has 0 bridgehead atoms. The highest BCUT2D eigenvalue weighted by Gasteiger charge is 2.37. The van der Waals surface area contributed by atoms with Gasteiger partial charge >= 0.3 is 12.0 Å². The number of carboxylic acids is 1. The number of carboxylic acid groups (broad SMARTS) is 1. The topological polar surface area (TPSA) is 79.3 Å². The van der Waals surface area contributed by atoms with E-state index in [1.54, 1.807) is 19.1 Å². The maximum absolute atomic E-state index is 12.4. The second kappa shape index (κ2) is 7.44.